The highest BCUT2D eigenvalue weighted by Crippen LogP contribution is 2.38. The second-order valence-corrected chi connectivity index (χ2v) is 11.4. The van der Waals surface area contributed by atoms with E-state index in [1.165, 1.54) is 20.0 Å². The average molecular weight is 577 g/mol. The number of aliphatic carboxylic acids is 1. The van der Waals surface area contributed by atoms with Gasteiger partial charge in [-0.3, -0.25) is 9.69 Å². The van der Waals surface area contributed by atoms with Crippen molar-refractivity contribution in [1.29, 1.82) is 0 Å². The monoisotopic (exact) mass is 576 g/mol. The smallest absolute Gasteiger partial charge is 0.303 e. The second kappa shape index (κ2) is 14.7. The number of carboxylic acid groups (broad SMARTS) is 1. The minimum atomic E-state index is -0.839. The van der Waals surface area contributed by atoms with Crippen molar-refractivity contribution in [1.82, 2.24) is 10.2 Å². The van der Waals surface area contributed by atoms with Crippen molar-refractivity contribution >= 4 is 5.97 Å². The van der Waals surface area contributed by atoms with Gasteiger partial charge in [0.1, 0.15) is 17.3 Å². The summed E-state index contributed by atoms with van der Waals surface area (Å²) in [7, 11) is 1.54. The Balaban J connectivity index is 1.50. The van der Waals surface area contributed by atoms with Crippen LogP contribution in [0.25, 0.3) is 22.3 Å². The predicted molar refractivity (Wildman–Crippen MR) is 167 cm³/mol. The van der Waals surface area contributed by atoms with E-state index in [0.717, 1.165) is 52.1 Å². The number of nitrogens with zero attached hydrogens (tertiary/aromatic N) is 1. The highest BCUT2D eigenvalue weighted by molar-refractivity contribution is 5.81. The molecule has 42 heavy (non-hydrogen) atoms. The van der Waals surface area contributed by atoms with Crippen molar-refractivity contribution < 1.29 is 23.8 Å². The lowest BCUT2D eigenvalue weighted by Crippen LogP contribution is -2.34. The maximum atomic E-state index is 15.3. The van der Waals surface area contributed by atoms with Gasteiger partial charge in [-0.05, 0) is 112 Å². The quantitative estimate of drug-likeness (QED) is 0.195. The van der Waals surface area contributed by atoms with Crippen molar-refractivity contribution in [2.24, 2.45) is 0 Å². The number of rotatable bonds is 14. The van der Waals surface area contributed by atoms with Gasteiger partial charge >= 0.3 is 5.97 Å². The Labute approximate surface area is 249 Å². The summed E-state index contributed by atoms with van der Waals surface area (Å²) in [5.41, 5.74) is 6.44. The van der Waals surface area contributed by atoms with E-state index < -0.39 is 5.97 Å². The first-order valence-corrected chi connectivity index (χ1v) is 15.1. The summed E-state index contributed by atoms with van der Waals surface area (Å²) in [6.07, 6.45) is 4.10. The number of likely N-dealkylation sites (tertiary alicyclic amines) is 1. The molecule has 3 aromatic carbocycles. The maximum absolute atomic E-state index is 15.3. The fraction of sp³-hybridized carbons (Fsp3) is 0.457. The third kappa shape index (κ3) is 7.50. The highest BCUT2D eigenvalue weighted by atomic mass is 19.1. The van der Waals surface area contributed by atoms with Crippen molar-refractivity contribution in [3.8, 4) is 33.8 Å². The zero-order valence-electron chi connectivity index (χ0n) is 25.6. The Morgan fingerprint density at radius 1 is 0.976 bits per heavy atom. The van der Waals surface area contributed by atoms with Crippen molar-refractivity contribution in [3.05, 3.63) is 71.0 Å². The van der Waals surface area contributed by atoms with Crippen LogP contribution in [0.2, 0.25) is 0 Å². The Hall–Kier alpha value is -3.42. The Morgan fingerprint density at radius 2 is 1.64 bits per heavy atom. The standard InChI is InChI=1S/C35H45FN2O4/c1-23-15-16-24(2)38(23)18-9-19-42-33-13-7-12-30(26(33)4)29-11-6-10-28(25(29)3)27-20-32(36)31(34(21-27)41-5)22-37-17-8-14-35(39)40/h6-7,10-13,20-21,23-24,37H,8-9,14-19,22H2,1-5H3,(H,39,40)/t23-,24-/m1/s1. The van der Waals surface area contributed by atoms with Gasteiger partial charge < -0.3 is 19.9 Å². The average Bonchev–Trinajstić information content (AvgIpc) is 3.28. The van der Waals surface area contributed by atoms with E-state index in [4.69, 9.17) is 14.6 Å². The number of carbonyl (C=O) groups is 1. The molecule has 0 aromatic heterocycles. The van der Waals surface area contributed by atoms with E-state index in [1.807, 2.05) is 30.3 Å². The second-order valence-electron chi connectivity index (χ2n) is 11.4. The molecule has 6 nitrogen and oxygen atoms in total. The Morgan fingerprint density at radius 3 is 2.33 bits per heavy atom. The number of carboxylic acids is 1. The minimum Gasteiger partial charge on any atom is -0.496 e. The molecule has 2 N–H and O–H groups in total. The topological polar surface area (TPSA) is 71.0 Å². The Bertz CT molecular complexity index is 1370. The SMILES string of the molecule is COc1cc(-c2cccc(-c3cccc(OCCCN4[C@H](C)CC[C@H]4C)c3C)c2C)cc(F)c1CNCCCC(=O)O. The molecule has 4 rings (SSSR count). The summed E-state index contributed by atoms with van der Waals surface area (Å²) in [5.74, 6) is 0.163. The lowest BCUT2D eigenvalue weighted by molar-refractivity contribution is -0.137. The van der Waals surface area contributed by atoms with E-state index in [-0.39, 0.29) is 18.8 Å². The molecule has 1 fully saturated rings. The largest absolute Gasteiger partial charge is 0.496 e. The van der Waals surface area contributed by atoms with Crippen LogP contribution in [-0.2, 0) is 11.3 Å². The molecule has 0 aliphatic carbocycles. The van der Waals surface area contributed by atoms with E-state index in [0.29, 0.717) is 43.0 Å². The summed E-state index contributed by atoms with van der Waals surface area (Å²) >= 11 is 0. The fourth-order valence-electron chi connectivity index (χ4n) is 6.12. The number of hydrogen-bond acceptors (Lipinski definition) is 5. The highest BCUT2D eigenvalue weighted by Gasteiger charge is 2.26. The summed E-state index contributed by atoms with van der Waals surface area (Å²) in [6, 6.07) is 17.0. The van der Waals surface area contributed by atoms with Crippen LogP contribution in [0.4, 0.5) is 4.39 Å². The van der Waals surface area contributed by atoms with Gasteiger partial charge in [0.05, 0.1) is 13.7 Å². The molecule has 1 heterocycles. The molecule has 3 aromatic rings. The third-order valence-corrected chi connectivity index (χ3v) is 8.59. The third-order valence-electron chi connectivity index (χ3n) is 8.59. The molecule has 0 amide bonds. The molecule has 1 aliphatic rings. The van der Waals surface area contributed by atoms with Gasteiger partial charge in [-0.1, -0.05) is 30.3 Å². The number of ether oxygens (including phenoxy) is 2. The van der Waals surface area contributed by atoms with E-state index in [1.54, 1.807) is 6.07 Å². The van der Waals surface area contributed by atoms with Crippen LogP contribution in [0.3, 0.4) is 0 Å². The molecule has 7 heteroatoms. The van der Waals surface area contributed by atoms with Crippen LogP contribution >= 0.6 is 0 Å². The van der Waals surface area contributed by atoms with Crippen LogP contribution in [-0.4, -0.2) is 54.9 Å². The molecule has 226 valence electrons. The van der Waals surface area contributed by atoms with E-state index in [9.17, 15) is 4.79 Å². The summed E-state index contributed by atoms with van der Waals surface area (Å²) in [6.45, 7) is 11.3. The first-order chi connectivity index (χ1) is 20.2. The van der Waals surface area contributed by atoms with Crippen LogP contribution < -0.4 is 14.8 Å². The van der Waals surface area contributed by atoms with Gasteiger partial charge in [0.15, 0.2) is 0 Å². The van der Waals surface area contributed by atoms with Crippen molar-refractivity contribution in [2.45, 2.75) is 78.4 Å². The van der Waals surface area contributed by atoms with Gasteiger partial charge in [-0.25, -0.2) is 4.39 Å². The molecule has 2 atom stereocenters. The van der Waals surface area contributed by atoms with Gasteiger partial charge in [-0.15, -0.1) is 0 Å². The Kier molecular flexibility index (Phi) is 11.0. The molecule has 1 aliphatic heterocycles. The number of methoxy groups -OCH3 is 1. The number of hydrogen-bond donors (Lipinski definition) is 2. The van der Waals surface area contributed by atoms with Crippen LogP contribution in [0, 0.1) is 19.7 Å². The van der Waals surface area contributed by atoms with Crippen molar-refractivity contribution in [2.75, 3.05) is 26.8 Å². The first-order valence-electron chi connectivity index (χ1n) is 15.1. The van der Waals surface area contributed by atoms with Gasteiger partial charge in [-0.2, -0.15) is 0 Å². The zero-order valence-corrected chi connectivity index (χ0v) is 25.6. The lowest BCUT2D eigenvalue weighted by Gasteiger charge is -2.25. The molecule has 0 radical (unpaired) electrons. The predicted octanol–water partition coefficient (Wildman–Crippen LogP) is 7.38. The van der Waals surface area contributed by atoms with Gasteiger partial charge in [0.2, 0.25) is 0 Å². The molecule has 0 unspecified atom stereocenters. The molecule has 0 bridgehead atoms. The molecule has 0 spiro atoms. The number of nitrogens with one attached hydrogen (secondary N) is 1. The molecule has 0 saturated carbocycles. The fourth-order valence-corrected chi connectivity index (χ4v) is 6.12. The van der Waals surface area contributed by atoms with Crippen LogP contribution in [0.1, 0.15) is 62.6 Å². The normalized spacial score (nSPS) is 17.0. The maximum Gasteiger partial charge on any atom is 0.303 e. The van der Waals surface area contributed by atoms with Crippen LogP contribution in [0.15, 0.2) is 48.5 Å². The van der Waals surface area contributed by atoms with Crippen LogP contribution in [0.5, 0.6) is 11.5 Å². The number of benzene rings is 3. The minimum absolute atomic E-state index is 0.0765. The van der Waals surface area contributed by atoms with E-state index in [2.05, 4.69) is 50.0 Å². The van der Waals surface area contributed by atoms with E-state index >= 15 is 4.39 Å². The van der Waals surface area contributed by atoms with Crippen molar-refractivity contribution in [3.63, 3.8) is 0 Å². The number of halogens is 1. The molecule has 1 saturated heterocycles. The lowest BCUT2D eigenvalue weighted by atomic mass is 9.90. The zero-order chi connectivity index (χ0) is 30.2. The molecular formula is C35H45FN2O4. The first kappa shape index (κ1) is 31.5. The summed E-state index contributed by atoms with van der Waals surface area (Å²) in [5, 5.41) is 11.9. The summed E-state index contributed by atoms with van der Waals surface area (Å²) < 4.78 is 27.2. The summed E-state index contributed by atoms with van der Waals surface area (Å²) in [4.78, 5) is 13.3. The van der Waals surface area contributed by atoms with Gasteiger partial charge in [0.25, 0.3) is 0 Å². The molecular weight excluding hydrogens is 531 g/mol. The van der Waals surface area contributed by atoms with Gasteiger partial charge in [0, 0.05) is 37.2 Å².